The summed E-state index contributed by atoms with van der Waals surface area (Å²) in [5.74, 6) is -0.201. The Bertz CT molecular complexity index is 439. The first-order valence-corrected chi connectivity index (χ1v) is 5.63. The van der Waals surface area contributed by atoms with Crippen LogP contribution in [0.2, 0.25) is 0 Å². The predicted octanol–water partition coefficient (Wildman–Crippen LogP) is 4.31. The maximum atomic E-state index is 13.0. The lowest BCUT2D eigenvalue weighted by molar-refractivity contribution is 0.626. The third kappa shape index (κ3) is 2.45. The van der Waals surface area contributed by atoms with Gasteiger partial charge in [0.1, 0.15) is 5.82 Å². The Morgan fingerprint density at radius 2 is 1.53 bits per heavy atom. The van der Waals surface area contributed by atoms with Crippen LogP contribution in [0, 0.1) is 5.82 Å². The van der Waals surface area contributed by atoms with Crippen molar-refractivity contribution in [3.8, 4) is 0 Å². The Morgan fingerprint density at radius 3 is 2.20 bits per heavy atom. The summed E-state index contributed by atoms with van der Waals surface area (Å²) < 4.78 is 13.0. The average Bonchev–Trinajstić information content (AvgIpc) is 2.29. The Balaban J connectivity index is 2.32. The number of hydrogen-bond donors (Lipinski definition) is 0. The van der Waals surface area contributed by atoms with E-state index in [1.54, 1.807) is 12.1 Å². The fourth-order valence-corrected chi connectivity index (χ4v) is 2.07. The van der Waals surface area contributed by atoms with E-state index >= 15 is 0 Å². The fraction of sp³-hybridized carbons (Fsp3) is 0.0769. The minimum atomic E-state index is -0.201. The van der Waals surface area contributed by atoms with Crippen LogP contribution in [-0.2, 0) is 0 Å². The fourth-order valence-electron chi connectivity index (χ4n) is 1.48. The lowest BCUT2D eigenvalue weighted by Gasteiger charge is -2.10. The topological polar surface area (TPSA) is 0 Å². The molecular formula is C13H10BrF. The third-order valence-corrected chi connectivity index (χ3v) is 3.29. The molecule has 0 amide bonds. The highest BCUT2D eigenvalue weighted by molar-refractivity contribution is 9.09. The Kier molecular flexibility index (Phi) is 3.17. The van der Waals surface area contributed by atoms with E-state index in [9.17, 15) is 4.39 Å². The first kappa shape index (κ1) is 10.4. The van der Waals surface area contributed by atoms with Crippen molar-refractivity contribution in [1.82, 2.24) is 0 Å². The number of hydrogen-bond acceptors (Lipinski definition) is 0. The van der Waals surface area contributed by atoms with Crippen molar-refractivity contribution in [3.63, 3.8) is 0 Å². The summed E-state index contributed by atoms with van der Waals surface area (Å²) in [5.41, 5.74) is 2.06. The molecule has 2 heteroatoms. The van der Waals surface area contributed by atoms with Crippen LogP contribution in [0.4, 0.5) is 4.39 Å². The molecule has 0 radical (unpaired) electrons. The maximum absolute atomic E-state index is 13.0. The van der Waals surface area contributed by atoms with Gasteiger partial charge >= 0.3 is 0 Å². The summed E-state index contributed by atoms with van der Waals surface area (Å²) >= 11 is 3.56. The van der Waals surface area contributed by atoms with E-state index in [1.165, 1.54) is 6.07 Å². The molecular weight excluding hydrogens is 255 g/mol. The SMILES string of the molecule is Fc1cccc([C@@H](Br)c2ccccc2)c1. The van der Waals surface area contributed by atoms with Gasteiger partial charge in [-0.25, -0.2) is 4.39 Å². The average molecular weight is 265 g/mol. The summed E-state index contributed by atoms with van der Waals surface area (Å²) in [4.78, 5) is 0.0504. The van der Waals surface area contributed by atoms with Gasteiger partial charge in [0.15, 0.2) is 0 Å². The molecule has 1 atom stereocenters. The zero-order valence-electron chi connectivity index (χ0n) is 8.03. The highest BCUT2D eigenvalue weighted by Gasteiger charge is 2.09. The highest BCUT2D eigenvalue weighted by atomic mass is 79.9. The maximum Gasteiger partial charge on any atom is 0.123 e. The molecule has 0 aliphatic rings. The second-order valence-electron chi connectivity index (χ2n) is 3.33. The molecule has 0 aromatic heterocycles. The van der Waals surface area contributed by atoms with Gasteiger partial charge in [0.05, 0.1) is 4.83 Å². The Morgan fingerprint density at radius 1 is 0.867 bits per heavy atom. The van der Waals surface area contributed by atoms with Crippen LogP contribution in [-0.4, -0.2) is 0 Å². The van der Waals surface area contributed by atoms with Crippen molar-refractivity contribution in [2.75, 3.05) is 0 Å². The normalized spacial score (nSPS) is 12.4. The van der Waals surface area contributed by atoms with Crippen molar-refractivity contribution in [3.05, 3.63) is 71.5 Å². The Labute approximate surface area is 96.9 Å². The van der Waals surface area contributed by atoms with Crippen LogP contribution in [0.1, 0.15) is 16.0 Å². The van der Waals surface area contributed by atoms with E-state index in [1.807, 2.05) is 36.4 Å². The van der Waals surface area contributed by atoms with E-state index in [-0.39, 0.29) is 10.6 Å². The number of halogens is 2. The van der Waals surface area contributed by atoms with Gasteiger partial charge in [0, 0.05) is 0 Å². The monoisotopic (exact) mass is 264 g/mol. The van der Waals surface area contributed by atoms with Crippen LogP contribution in [0.25, 0.3) is 0 Å². The third-order valence-electron chi connectivity index (χ3n) is 2.23. The van der Waals surface area contributed by atoms with Gasteiger partial charge in [-0.3, -0.25) is 0 Å². The van der Waals surface area contributed by atoms with Crippen molar-refractivity contribution in [1.29, 1.82) is 0 Å². The summed E-state index contributed by atoms with van der Waals surface area (Å²) in [6.07, 6.45) is 0. The zero-order valence-corrected chi connectivity index (χ0v) is 9.62. The van der Waals surface area contributed by atoms with Gasteiger partial charge in [0.25, 0.3) is 0 Å². The van der Waals surface area contributed by atoms with Gasteiger partial charge in [-0.2, -0.15) is 0 Å². The standard InChI is InChI=1S/C13H10BrF/c14-13(10-5-2-1-3-6-10)11-7-4-8-12(15)9-11/h1-9,13H/t13-/m0/s1. The Hall–Kier alpha value is -1.15. The molecule has 0 saturated heterocycles. The molecule has 2 rings (SSSR count). The first-order valence-electron chi connectivity index (χ1n) is 4.72. The quantitative estimate of drug-likeness (QED) is 0.710. The molecule has 0 bridgehead atoms. The van der Waals surface area contributed by atoms with Gasteiger partial charge in [0.2, 0.25) is 0 Å². The second kappa shape index (κ2) is 4.58. The lowest BCUT2D eigenvalue weighted by atomic mass is 10.1. The predicted molar refractivity (Wildman–Crippen MR) is 63.6 cm³/mol. The molecule has 0 nitrogen and oxygen atoms in total. The minimum absolute atomic E-state index is 0.0504. The summed E-state index contributed by atoms with van der Waals surface area (Å²) in [6.45, 7) is 0. The number of benzene rings is 2. The molecule has 0 fully saturated rings. The summed E-state index contributed by atoms with van der Waals surface area (Å²) in [7, 11) is 0. The van der Waals surface area contributed by atoms with Crippen LogP contribution < -0.4 is 0 Å². The molecule has 0 unspecified atom stereocenters. The van der Waals surface area contributed by atoms with E-state index in [0.29, 0.717) is 0 Å². The van der Waals surface area contributed by atoms with Gasteiger partial charge < -0.3 is 0 Å². The zero-order chi connectivity index (χ0) is 10.7. The molecule has 0 aliphatic heterocycles. The van der Waals surface area contributed by atoms with E-state index in [2.05, 4.69) is 15.9 Å². The van der Waals surface area contributed by atoms with Crippen molar-refractivity contribution in [2.24, 2.45) is 0 Å². The van der Waals surface area contributed by atoms with Crippen molar-refractivity contribution >= 4 is 15.9 Å². The molecule has 0 N–H and O–H groups in total. The summed E-state index contributed by atoms with van der Waals surface area (Å²) in [5, 5.41) is 0. The van der Waals surface area contributed by atoms with E-state index < -0.39 is 0 Å². The molecule has 0 spiro atoms. The number of rotatable bonds is 2. The second-order valence-corrected chi connectivity index (χ2v) is 4.24. The lowest BCUT2D eigenvalue weighted by Crippen LogP contribution is -1.92. The van der Waals surface area contributed by atoms with Crippen molar-refractivity contribution in [2.45, 2.75) is 4.83 Å². The van der Waals surface area contributed by atoms with Crippen LogP contribution in [0.5, 0.6) is 0 Å². The van der Waals surface area contributed by atoms with Crippen LogP contribution in [0.15, 0.2) is 54.6 Å². The summed E-state index contributed by atoms with van der Waals surface area (Å²) in [6, 6.07) is 16.6. The molecule has 76 valence electrons. The van der Waals surface area contributed by atoms with E-state index in [4.69, 9.17) is 0 Å². The van der Waals surface area contributed by atoms with Crippen LogP contribution in [0.3, 0.4) is 0 Å². The molecule has 2 aromatic carbocycles. The molecule has 2 aromatic rings. The molecule has 0 aliphatic carbocycles. The van der Waals surface area contributed by atoms with Crippen LogP contribution >= 0.6 is 15.9 Å². The smallest absolute Gasteiger partial charge is 0.123 e. The minimum Gasteiger partial charge on any atom is -0.207 e. The molecule has 0 saturated carbocycles. The number of alkyl halides is 1. The van der Waals surface area contributed by atoms with Gasteiger partial charge in [-0.05, 0) is 23.3 Å². The highest BCUT2D eigenvalue weighted by Crippen LogP contribution is 2.30. The first-order chi connectivity index (χ1) is 7.27. The van der Waals surface area contributed by atoms with E-state index in [0.717, 1.165) is 11.1 Å². The largest absolute Gasteiger partial charge is 0.207 e. The van der Waals surface area contributed by atoms with Crippen molar-refractivity contribution < 1.29 is 4.39 Å². The van der Waals surface area contributed by atoms with Gasteiger partial charge in [-0.15, -0.1) is 0 Å². The van der Waals surface area contributed by atoms with Gasteiger partial charge in [-0.1, -0.05) is 58.4 Å². The molecule has 0 heterocycles. The molecule has 15 heavy (non-hydrogen) atoms.